The molecule has 0 radical (unpaired) electrons. The molecule has 6 nitrogen and oxygen atoms in total. The fraction of sp³-hybridized carbons (Fsp3) is 0.818. The van der Waals surface area contributed by atoms with E-state index < -0.39 is 11.9 Å². The average molecular weight is 262 g/mol. The molecule has 1 unspecified atom stereocenters. The van der Waals surface area contributed by atoms with Gasteiger partial charge in [0, 0.05) is 24.2 Å². The number of hydrogen-bond donors (Lipinski definition) is 1. The minimum absolute atomic E-state index is 0.0901. The Bertz CT molecular complexity index is 282. The molecule has 0 saturated carbocycles. The van der Waals surface area contributed by atoms with Crippen LogP contribution in [0.15, 0.2) is 0 Å². The third-order valence-electron chi connectivity index (χ3n) is 2.84. The molecular formula is C11H19FN2O4. The first-order valence-corrected chi connectivity index (χ1v) is 6.12. The Morgan fingerprint density at radius 2 is 2.11 bits per heavy atom. The lowest BCUT2D eigenvalue weighted by Crippen LogP contribution is -2.47. The molecule has 1 aliphatic heterocycles. The van der Waals surface area contributed by atoms with E-state index in [-0.39, 0.29) is 12.6 Å². The maximum atomic E-state index is 11.8. The lowest BCUT2D eigenvalue weighted by Gasteiger charge is -2.27. The third kappa shape index (κ3) is 4.48. The highest BCUT2D eigenvalue weighted by Crippen LogP contribution is 2.08. The topological polar surface area (TPSA) is 67.9 Å². The van der Waals surface area contributed by atoms with Crippen molar-refractivity contribution in [3.63, 3.8) is 0 Å². The molecule has 0 aromatic rings. The summed E-state index contributed by atoms with van der Waals surface area (Å²) in [5.74, 6) is -1.57. The molecule has 0 aromatic carbocycles. The Labute approximate surface area is 105 Å². The van der Waals surface area contributed by atoms with Crippen molar-refractivity contribution in [2.75, 3.05) is 32.8 Å². The van der Waals surface area contributed by atoms with E-state index in [0.29, 0.717) is 39.1 Å². The zero-order valence-electron chi connectivity index (χ0n) is 10.5. The Hall–Kier alpha value is -1.37. The Morgan fingerprint density at radius 3 is 2.67 bits per heavy atom. The van der Waals surface area contributed by atoms with Crippen LogP contribution in [0.5, 0.6) is 0 Å². The van der Waals surface area contributed by atoms with E-state index in [1.165, 1.54) is 0 Å². The maximum Gasteiger partial charge on any atom is 0.353 e. The van der Waals surface area contributed by atoms with Gasteiger partial charge in [0.05, 0.1) is 19.1 Å². The van der Waals surface area contributed by atoms with Gasteiger partial charge in [0.25, 0.3) is 0 Å². The van der Waals surface area contributed by atoms with E-state index in [0.717, 1.165) is 0 Å². The Kier molecular flexibility index (Phi) is 6.42. The summed E-state index contributed by atoms with van der Waals surface area (Å²) in [7, 11) is 0. The molecule has 1 aliphatic rings. The lowest BCUT2D eigenvalue weighted by atomic mass is 10.0. The fourth-order valence-corrected chi connectivity index (χ4v) is 1.80. The van der Waals surface area contributed by atoms with Gasteiger partial charge in [-0.15, -0.1) is 0 Å². The maximum absolute atomic E-state index is 11.8. The number of ether oxygens (including phenoxy) is 1. The van der Waals surface area contributed by atoms with Crippen LogP contribution >= 0.6 is 0 Å². The van der Waals surface area contributed by atoms with Gasteiger partial charge in [0.2, 0.25) is 0 Å². The minimum atomic E-state index is -0.931. The van der Waals surface area contributed by atoms with Gasteiger partial charge < -0.3 is 15.0 Å². The van der Waals surface area contributed by atoms with Crippen molar-refractivity contribution in [1.82, 2.24) is 10.2 Å². The second-order valence-corrected chi connectivity index (χ2v) is 4.17. The number of nitrogens with zero attached hydrogens (tertiary/aromatic N) is 1. The molecule has 1 fully saturated rings. The number of carbonyl (C=O) groups excluding carboxylic acids is 2. The smallest absolute Gasteiger partial charge is 0.353 e. The Morgan fingerprint density at radius 1 is 1.44 bits per heavy atom. The number of rotatable bonds is 5. The molecule has 7 heteroatoms. The molecule has 18 heavy (non-hydrogen) atoms. The first-order chi connectivity index (χ1) is 8.69. The van der Waals surface area contributed by atoms with Gasteiger partial charge in [0.15, 0.2) is 0 Å². The molecule has 1 saturated heterocycles. The number of carbonyl (C=O) groups is 2. The number of amides is 2. The molecule has 0 aliphatic carbocycles. The highest BCUT2D eigenvalue weighted by Gasteiger charge is 2.23. The largest absolute Gasteiger partial charge is 0.378 e. The van der Waals surface area contributed by atoms with Gasteiger partial charge in [-0.3, -0.25) is 4.94 Å². The summed E-state index contributed by atoms with van der Waals surface area (Å²) in [5, 5.41) is 2.62. The van der Waals surface area contributed by atoms with Gasteiger partial charge in [-0.05, 0) is 6.42 Å². The molecule has 1 rings (SSSR count). The predicted molar refractivity (Wildman–Crippen MR) is 61.4 cm³/mol. The molecule has 104 valence electrons. The van der Waals surface area contributed by atoms with Crippen molar-refractivity contribution < 1.29 is 23.8 Å². The summed E-state index contributed by atoms with van der Waals surface area (Å²) >= 11 is 0. The second-order valence-electron chi connectivity index (χ2n) is 4.17. The summed E-state index contributed by atoms with van der Waals surface area (Å²) in [6, 6.07) is -0.258. The van der Waals surface area contributed by atoms with Gasteiger partial charge in [-0.25, -0.2) is 9.59 Å². The molecule has 1 atom stereocenters. The van der Waals surface area contributed by atoms with Crippen LogP contribution < -0.4 is 5.32 Å². The molecule has 1 heterocycles. The van der Waals surface area contributed by atoms with Crippen LogP contribution in [0, 0.1) is 5.92 Å². The van der Waals surface area contributed by atoms with E-state index in [1.807, 2.05) is 6.92 Å². The number of hydrogen-bond acceptors (Lipinski definition) is 4. The first kappa shape index (κ1) is 14.7. The fourth-order valence-electron chi connectivity index (χ4n) is 1.80. The van der Waals surface area contributed by atoms with Gasteiger partial charge in [0.1, 0.15) is 0 Å². The van der Waals surface area contributed by atoms with Crippen molar-refractivity contribution in [3.8, 4) is 0 Å². The van der Waals surface area contributed by atoms with Crippen LogP contribution in [-0.4, -0.2) is 49.7 Å². The molecule has 2 amide bonds. The van der Waals surface area contributed by atoms with E-state index in [2.05, 4.69) is 10.3 Å². The lowest BCUT2D eigenvalue weighted by molar-refractivity contribution is -0.189. The Balaban J connectivity index is 2.35. The number of urea groups is 1. The van der Waals surface area contributed by atoms with Crippen LogP contribution in [-0.2, 0) is 14.5 Å². The number of halogens is 1. The van der Waals surface area contributed by atoms with Crippen LogP contribution in [0.4, 0.5) is 9.32 Å². The van der Waals surface area contributed by atoms with Crippen molar-refractivity contribution in [1.29, 1.82) is 0 Å². The van der Waals surface area contributed by atoms with Crippen LogP contribution in [0.3, 0.4) is 0 Å². The van der Waals surface area contributed by atoms with Crippen LogP contribution in [0.25, 0.3) is 0 Å². The zero-order valence-corrected chi connectivity index (χ0v) is 10.5. The van der Waals surface area contributed by atoms with Crippen LogP contribution in [0.2, 0.25) is 0 Å². The normalized spacial score (nSPS) is 17.1. The zero-order chi connectivity index (χ0) is 13.4. The summed E-state index contributed by atoms with van der Waals surface area (Å²) in [5.41, 5.74) is 0. The van der Waals surface area contributed by atoms with E-state index in [4.69, 9.17) is 4.74 Å². The predicted octanol–water partition coefficient (Wildman–Crippen LogP) is 0.872. The third-order valence-corrected chi connectivity index (χ3v) is 2.84. The van der Waals surface area contributed by atoms with Crippen molar-refractivity contribution in [3.05, 3.63) is 0 Å². The summed E-state index contributed by atoms with van der Waals surface area (Å²) in [4.78, 5) is 27.7. The van der Waals surface area contributed by atoms with Gasteiger partial charge in [-0.2, -0.15) is 0 Å². The van der Waals surface area contributed by atoms with Crippen LogP contribution in [0.1, 0.15) is 19.8 Å². The van der Waals surface area contributed by atoms with E-state index in [1.54, 1.807) is 4.90 Å². The minimum Gasteiger partial charge on any atom is -0.378 e. The molecule has 1 N–H and O–H groups in total. The quantitative estimate of drug-likeness (QED) is 0.798. The molecule has 0 aromatic heterocycles. The summed E-state index contributed by atoms with van der Waals surface area (Å²) in [6.45, 7) is 4.04. The van der Waals surface area contributed by atoms with Gasteiger partial charge >= 0.3 is 12.0 Å². The highest BCUT2D eigenvalue weighted by atomic mass is 19.3. The standard InChI is InChI=1S/C11H19FN2O4/c1-2-3-9(10(15)18-12)8-13-11(16)14-4-6-17-7-5-14/h9H,2-8H2,1H3,(H,13,16). The summed E-state index contributed by atoms with van der Waals surface area (Å²) < 4.78 is 17.0. The molecule has 0 spiro atoms. The van der Waals surface area contributed by atoms with Crippen molar-refractivity contribution >= 4 is 12.0 Å². The summed E-state index contributed by atoms with van der Waals surface area (Å²) in [6.07, 6.45) is 1.19. The van der Waals surface area contributed by atoms with Crippen molar-refractivity contribution in [2.24, 2.45) is 5.92 Å². The van der Waals surface area contributed by atoms with Crippen molar-refractivity contribution in [2.45, 2.75) is 19.8 Å². The second kappa shape index (κ2) is 7.86. The average Bonchev–Trinajstić information content (AvgIpc) is 2.43. The number of morpholine rings is 1. The van der Waals surface area contributed by atoms with E-state index in [9.17, 15) is 14.1 Å². The SMILES string of the molecule is CCCC(CNC(=O)N1CCOCC1)C(=O)OF. The molecule has 0 bridgehead atoms. The molecular weight excluding hydrogens is 243 g/mol. The van der Waals surface area contributed by atoms with E-state index >= 15 is 0 Å². The monoisotopic (exact) mass is 262 g/mol. The number of nitrogens with one attached hydrogen (secondary N) is 1. The first-order valence-electron chi connectivity index (χ1n) is 6.12. The van der Waals surface area contributed by atoms with Gasteiger partial charge in [-0.1, -0.05) is 13.3 Å². The highest BCUT2D eigenvalue weighted by molar-refractivity contribution is 5.76.